The topological polar surface area (TPSA) is 72.1 Å². The first-order chi connectivity index (χ1) is 15.1. The third-order valence-corrected chi connectivity index (χ3v) is 5.90. The Morgan fingerprint density at radius 3 is 2.71 bits per heavy atom. The minimum Gasteiger partial charge on any atom is -0.419 e. The van der Waals surface area contributed by atoms with Crippen LogP contribution in [0.1, 0.15) is 35.0 Å². The fourth-order valence-electron chi connectivity index (χ4n) is 3.93. The Morgan fingerprint density at radius 2 is 1.90 bits per heavy atom. The molecule has 8 heteroatoms. The van der Waals surface area contributed by atoms with Crippen molar-refractivity contribution >= 4 is 28.3 Å². The van der Waals surface area contributed by atoms with Crippen molar-refractivity contribution in [2.75, 3.05) is 13.1 Å². The summed E-state index contributed by atoms with van der Waals surface area (Å²) in [5, 5.41) is 10.4. The Kier molecular flexibility index (Phi) is 5.11. The van der Waals surface area contributed by atoms with Crippen molar-refractivity contribution in [3.63, 3.8) is 0 Å². The van der Waals surface area contributed by atoms with Crippen molar-refractivity contribution in [2.24, 2.45) is 0 Å². The molecule has 0 spiro atoms. The summed E-state index contributed by atoms with van der Waals surface area (Å²) in [6, 6.07) is 13.9. The zero-order valence-electron chi connectivity index (χ0n) is 16.5. The molecule has 0 bridgehead atoms. The molecule has 1 aliphatic rings. The zero-order valence-corrected chi connectivity index (χ0v) is 17.2. The van der Waals surface area contributed by atoms with Crippen molar-refractivity contribution in [2.45, 2.75) is 18.8 Å². The summed E-state index contributed by atoms with van der Waals surface area (Å²) >= 11 is 5.81. The van der Waals surface area contributed by atoms with Crippen LogP contribution in [0.4, 0.5) is 4.39 Å². The van der Waals surface area contributed by atoms with Crippen LogP contribution in [-0.4, -0.2) is 39.1 Å². The second-order valence-electron chi connectivity index (χ2n) is 7.52. The molecule has 2 aromatic carbocycles. The number of carbonyl (C=O) groups is 1. The molecule has 3 heterocycles. The van der Waals surface area contributed by atoms with Crippen molar-refractivity contribution in [1.82, 2.24) is 20.1 Å². The van der Waals surface area contributed by atoms with Crippen LogP contribution >= 0.6 is 11.6 Å². The van der Waals surface area contributed by atoms with E-state index in [0.717, 1.165) is 10.8 Å². The van der Waals surface area contributed by atoms with Crippen molar-refractivity contribution in [3.8, 4) is 11.6 Å². The van der Waals surface area contributed by atoms with Crippen LogP contribution in [0, 0.1) is 5.82 Å². The standard InChI is InChI=1S/C23H18ClFN4O2/c24-18-13-16(5-6-19(18)25)23(30)29-11-8-15(9-12-29)21-27-28-22(31-21)20-17-4-2-1-3-14(17)7-10-26-20/h1-7,10,13,15H,8-9,11-12H2. The van der Waals surface area contributed by atoms with Gasteiger partial charge in [0.25, 0.3) is 11.8 Å². The van der Waals surface area contributed by atoms with Gasteiger partial charge in [0.15, 0.2) is 0 Å². The van der Waals surface area contributed by atoms with E-state index in [-0.39, 0.29) is 16.8 Å². The summed E-state index contributed by atoms with van der Waals surface area (Å²) in [5.41, 5.74) is 1.05. The highest BCUT2D eigenvalue weighted by molar-refractivity contribution is 6.31. The largest absolute Gasteiger partial charge is 0.419 e. The molecule has 0 saturated carbocycles. The summed E-state index contributed by atoms with van der Waals surface area (Å²) in [6.07, 6.45) is 3.13. The van der Waals surface area contributed by atoms with E-state index in [9.17, 15) is 9.18 Å². The Bertz CT molecular complexity index is 1260. The molecule has 1 saturated heterocycles. The number of piperidine rings is 1. The van der Waals surface area contributed by atoms with E-state index in [1.807, 2.05) is 30.3 Å². The third kappa shape index (κ3) is 3.77. The highest BCUT2D eigenvalue weighted by Crippen LogP contribution is 2.31. The number of halogens is 2. The second kappa shape index (κ2) is 8.07. The molecule has 31 heavy (non-hydrogen) atoms. The molecule has 1 aliphatic heterocycles. The number of fused-ring (bicyclic) bond motifs is 1. The fraction of sp³-hybridized carbons (Fsp3) is 0.217. The van der Waals surface area contributed by atoms with E-state index in [4.69, 9.17) is 16.0 Å². The normalized spacial score (nSPS) is 14.8. The van der Waals surface area contributed by atoms with E-state index >= 15 is 0 Å². The molecule has 156 valence electrons. The summed E-state index contributed by atoms with van der Waals surface area (Å²) in [4.78, 5) is 18.9. The van der Waals surface area contributed by atoms with Crippen LogP contribution in [0.2, 0.25) is 5.02 Å². The van der Waals surface area contributed by atoms with Crippen LogP contribution in [0.5, 0.6) is 0 Å². The predicted molar refractivity (Wildman–Crippen MR) is 114 cm³/mol. The number of hydrogen-bond donors (Lipinski definition) is 0. The SMILES string of the molecule is O=C(c1ccc(F)c(Cl)c1)N1CCC(c2nnc(-c3nccc4ccccc34)o2)CC1. The van der Waals surface area contributed by atoms with Crippen LogP contribution < -0.4 is 0 Å². The smallest absolute Gasteiger partial charge is 0.266 e. The average molecular weight is 437 g/mol. The van der Waals surface area contributed by atoms with Gasteiger partial charge in [-0.25, -0.2) is 4.39 Å². The number of benzene rings is 2. The van der Waals surface area contributed by atoms with Gasteiger partial charge in [0.05, 0.1) is 5.02 Å². The summed E-state index contributed by atoms with van der Waals surface area (Å²) < 4.78 is 19.3. The molecular formula is C23H18ClFN4O2. The number of nitrogens with zero attached hydrogens (tertiary/aromatic N) is 4. The second-order valence-corrected chi connectivity index (χ2v) is 7.93. The minimum atomic E-state index is -0.537. The van der Waals surface area contributed by atoms with Gasteiger partial charge in [-0.3, -0.25) is 9.78 Å². The molecule has 0 radical (unpaired) electrons. The lowest BCUT2D eigenvalue weighted by Crippen LogP contribution is -2.38. The van der Waals surface area contributed by atoms with E-state index in [0.29, 0.717) is 49.0 Å². The van der Waals surface area contributed by atoms with Crippen LogP contribution in [0.25, 0.3) is 22.4 Å². The first-order valence-electron chi connectivity index (χ1n) is 10.0. The average Bonchev–Trinajstić information content (AvgIpc) is 3.30. The molecule has 0 aliphatic carbocycles. The van der Waals surface area contributed by atoms with Gasteiger partial charge in [0.2, 0.25) is 5.89 Å². The Labute approximate surface area is 182 Å². The zero-order chi connectivity index (χ0) is 21.4. The van der Waals surface area contributed by atoms with Gasteiger partial charge in [-0.15, -0.1) is 10.2 Å². The van der Waals surface area contributed by atoms with Crippen molar-refractivity contribution < 1.29 is 13.6 Å². The quantitative estimate of drug-likeness (QED) is 0.447. The molecule has 2 aromatic heterocycles. The molecule has 4 aromatic rings. The molecular weight excluding hydrogens is 419 g/mol. The number of pyridine rings is 1. The Balaban J connectivity index is 1.30. The molecule has 0 atom stereocenters. The van der Waals surface area contributed by atoms with Gasteiger partial charge in [-0.05, 0) is 42.5 Å². The highest BCUT2D eigenvalue weighted by atomic mass is 35.5. The number of hydrogen-bond acceptors (Lipinski definition) is 5. The van der Waals surface area contributed by atoms with Crippen LogP contribution in [-0.2, 0) is 0 Å². The van der Waals surface area contributed by atoms with Crippen LogP contribution in [0.15, 0.2) is 59.1 Å². The Hall–Kier alpha value is -3.32. The first-order valence-corrected chi connectivity index (χ1v) is 10.4. The van der Waals surface area contributed by atoms with Gasteiger partial charge in [0.1, 0.15) is 11.5 Å². The van der Waals surface area contributed by atoms with Crippen molar-refractivity contribution in [1.29, 1.82) is 0 Å². The van der Waals surface area contributed by atoms with E-state index in [2.05, 4.69) is 15.2 Å². The molecule has 0 N–H and O–H groups in total. The Morgan fingerprint density at radius 1 is 1.10 bits per heavy atom. The van der Waals surface area contributed by atoms with E-state index < -0.39 is 5.82 Å². The molecule has 5 rings (SSSR count). The van der Waals surface area contributed by atoms with E-state index in [1.54, 1.807) is 11.1 Å². The molecule has 1 fully saturated rings. The van der Waals surface area contributed by atoms with Gasteiger partial charge < -0.3 is 9.32 Å². The van der Waals surface area contributed by atoms with Gasteiger partial charge >= 0.3 is 0 Å². The summed E-state index contributed by atoms with van der Waals surface area (Å²) in [7, 11) is 0. The molecule has 1 amide bonds. The summed E-state index contributed by atoms with van der Waals surface area (Å²) in [5.74, 6) is 0.321. The summed E-state index contributed by atoms with van der Waals surface area (Å²) in [6.45, 7) is 1.09. The number of amides is 1. The monoisotopic (exact) mass is 436 g/mol. The highest BCUT2D eigenvalue weighted by Gasteiger charge is 2.28. The number of likely N-dealkylation sites (tertiary alicyclic amines) is 1. The van der Waals surface area contributed by atoms with Crippen molar-refractivity contribution in [3.05, 3.63) is 77.0 Å². The third-order valence-electron chi connectivity index (χ3n) is 5.61. The molecule has 0 unspecified atom stereocenters. The lowest BCUT2D eigenvalue weighted by molar-refractivity contribution is 0.0706. The number of aromatic nitrogens is 3. The van der Waals surface area contributed by atoms with Gasteiger partial charge in [-0.1, -0.05) is 35.9 Å². The fourth-order valence-corrected chi connectivity index (χ4v) is 4.11. The van der Waals surface area contributed by atoms with Gasteiger partial charge in [0, 0.05) is 36.2 Å². The first kappa shape index (κ1) is 19.6. The molecule has 6 nitrogen and oxygen atoms in total. The minimum absolute atomic E-state index is 0.0545. The number of carbonyl (C=O) groups excluding carboxylic acids is 1. The van der Waals surface area contributed by atoms with Gasteiger partial charge in [-0.2, -0.15) is 0 Å². The lowest BCUT2D eigenvalue weighted by Gasteiger charge is -2.30. The maximum Gasteiger partial charge on any atom is 0.266 e. The number of rotatable bonds is 3. The van der Waals surface area contributed by atoms with E-state index in [1.165, 1.54) is 18.2 Å². The maximum atomic E-state index is 13.4. The predicted octanol–water partition coefficient (Wildman–Crippen LogP) is 5.10. The van der Waals surface area contributed by atoms with Crippen LogP contribution in [0.3, 0.4) is 0 Å². The maximum absolute atomic E-state index is 13.4. The lowest BCUT2D eigenvalue weighted by atomic mass is 9.96.